The van der Waals surface area contributed by atoms with Gasteiger partial charge in [0.15, 0.2) is 0 Å². The van der Waals surface area contributed by atoms with E-state index >= 15 is 0 Å². The van der Waals surface area contributed by atoms with Crippen LogP contribution >= 0.6 is 0 Å². The van der Waals surface area contributed by atoms with Crippen molar-refractivity contribution in [1.29, 1.82) is 0 Å². The van der Waals surface area contributed by atoms with E-state index in [-0.39, 0.29) is 37.7 Å². The minimum Gasteiger partial charge on any atom is -0.396 e. The van der Waals surface area contributed by atoms with Crippen LogP contribution in [-0.2, 0) is 14.2 Å². The van der Waals surface area contributed by atoms with Gasteiger partial charge in [0.1, 0.15) is 54.7 Å². The summed E-state index contributed by atoms with van der Waals surface area (Å²) < 4.78 is 18.0. The molecule has 0 radical (unpaired) electrons. The molecule has 14 atom stereocenters. The van der Waals surface area contributed by atoms with Crippen LogP contribution in [0, 0.1) is 5.92 Å². The van der Waals surface area contributed by atoms with E-state index in [1.165, 1.54) is 0 Å². The smallest absolute Gasteiger partial charge is 0.211 e. The fourth-order valence-electron chi connectivity index (χ4n) is 5.17. The zero-order chi connectivity index (χ0) is 23.7. The topological polar surface area (TPSA) is 265 Å². The molecule has 0 aromatic carbocycles. The molecule has 0 aromatic heterocycles. The van der Waals surface area contributed by atoms with Crippen molar-refractivity contribution in [2.45, 2.75) is 98.6 Å². The lowest BCUT2D eigenvalue weighted by Crippen LogP contribution is -2.83. The minimum atomic E-state index is -1.11. The van der Waals surface area contributed by atoms with E-state index < -0.39 is 67.1 Å². The molecule has 3 fully saturated rings. The van der Waals surface area contributed by atoms with Gasteiger partial charge in [-0.15, -0.1) is 0 Å². The molecule has 3 aliphatic rings. The molecule has 1 saturated heterocycles. The van der Waals surface area contributed by atoms with E-state index in [1.54, 1.807) is 0 Å². The zero-order valence-electron chi connectivity index (χ0n) is 18.5. The van der Waals surface area contributed by atoms with Crippen molar-refractivity contribution >= 4 is 0 Å². The third-order valence-corrected chi connectivity index (χ3v) is 7.24. The van der Waals surface area contributed by atoms with Crippen molar-refractivity contribution in [3.8, 4) is 0 Å². The van der Waals surface area contributed by atoms with E-state index in [2.05, 4.69) is 22.9 Å². The van der Waals surface area contributed by atoms with Crippen LogP contribution in [0.15, 0.2) is 0 Å². The van der Waals surface area contributed by atoms with Crippen LogP contribution in [0.2, 0.25) is 0 Å². The lowest BCUT2D eigenvalue weighted by atomic mass is 9.79. The van der Waals surface area contributed by atoms with Gasteiger partial charge in [-0.25, -0.2) is 0 Å². The zero-order valence-corrected chi connectivity index (χ0v) is 18.5. The number of hydrogen-bond donors (Lipinski definition) is 10. The number of quaternary nitrogens is 4. The Morgan fingerprint density at radius 3 is 2.03 bits per heavy atom. The number of nitrogens with two attached hydrogens (primary N) is 1. The summed E-state index contributed by atoms with van der Waals surface area (Å²) >= 11 is 0. The average Bonchev–Trinajstić information content (AvgIpc) is 2.75. The number of ether oxygens (including phenoxy) is 3. The van der Waals surface area contributed by atoms with Gasteiger partial charge in [-0.1, -0.05) is 0 Å². The summed E-state index contributed by atoms with van der Waals surface area (Å²) in [5.74, 6) is -0.482. The van der Waals surface area contributed by atoms with Crippen molar-refractivity contribution in [1.82, 2.24) is 0 Å². The van der Waals surface area contributed by atoms with Gasteiger partial charge in [0.25, 0.3) is 0 Å². The molecule has 13 heteroatoms. The Hall–Kier alpha value is -0.520. The molecule has 2 saturated carbocycles. The first kappa shape index (κ1) is 26.1. The van der Waals surface area contributed by atoms with Crippen molar-refractivity contribution < 1.29 is 62.7 Å². The Labute approximate surface area is 186 Å². The molecule has 1 aliphatic heterocycles. The normalized spacial score (nSPS) is 52.7. The van der Waals surface area contributed by atoms with Gasteiger partial charge >= 0.3 is 0 Å². The Morgan fingerprint density at radius 2 is 1.44 bits per heavy atom. The molecular weight excluding hydrogens is 426 g/mol. The molecule has 1 heterocycles. The highest BCUT2D eigenvalue weighted by Gasteiger charge is 2.53. The van der Waals surface area contributed by atoms with E-state index in [4.69, 9.17) is 19.9 Å². The monoisotopic (exact) mass is 469 g/mol. The van der Waals surface area contributed by atoms with Crippen LogP contribution in [0.25, 0.3) is 0 Å². The van der Waals surface area contributed by atoms with Crippen LogP contribution in [-0.4, -0.2) is 118 Å². The second kappa shape index (κ2) is 10.8. The fraction of sp³-hybridized carbons (Fsp3) is 1.00. The van der Waals surface area contributed by atoms with Crippen molar-refractivity contribution in [2.24, 2.45) is 11.7 Å². The first-order valence-corrected chi connectivity index (χ1v) is 11.4. The lowest BCUT2D eigenvalue weighted by molar-refractivity contribution is -0.527. The molecule has 19 N–H and O–H groups in total. The molecule has 32 heavy (non-hydrogen) atoms. The number of aliphatic hydroxyl groups excluding tert-OH is 5. The molecule has 0 spiro atoms. The Balaban J connectivity index is 1.70. The predicted molar refractivity (Wildman–Crippen MR) is 106 cm³/mol. The molecule has 3 rings (SSSR count). The third kappa shape index (κ3) is 5.25. The summed E-state index contributed by atoms with van der Waals surface area (Å²) in [6.07, 6.45) is -6.32. The highest BCUT2D eigenvalue weighted by molar-refractivity contribution is 4.98. The maximum atomic E-state index is 11.1. The summed E-state index contributed by atoms with van der Waals surface area (Å²) in [7, 11) is 0. The second-order valence-corrected chi connectivity index (χ2v) is 9.65. The van der Waals surface area contributed by atoms with Gasteiger partial charge in [-0.2, -0.15) is 0 Å². The van der Waals surface area contributed by atoms with Crippen LogP contribution < -0.4 is 28.7 Å². The summed E-state index contributed by atoms with van der Waals surface area (Å²) in [5.41, 5.74) is 21.7. The fourth-order valence-corrected chi connectivity index (χ4v) is 5.17. The highest BCUT2D eigenvalue weighted by Crippen LogP contribution is 2.31. The molecule has 0 aromatic rings. The summed E-state index contributed by atoms with van der Waals surface area (Å²) in [6.45, 7) is -0.128. The Kier molecular flexibility index (Phi) is 8.82. The summed E-state index contributed by atoms with van der Waals surface area (Å²) in [5, 5.41) is 51.6. The quantitative estimate of drug-likeness (QED) is 0.177. The van der Waals surface area contributed by atoms with Crippen LogP contribution in [0.3, 0.4) is 0 Å². The van der Waals surface area contributed by atoms with Crippen molar-refractivity contribution in [3.05, 3.63) is 0 Å². The lowest BCUT2D eigenvalue weighted by Gasteiger charge is -2.45. The van der Waals surface area contributed by atoms with Gasteiger partial charge < -0.3 is 68.4 Å². The van der Waals surface area contributed by atoms with Crippen molar-refractivity contribution in [3.63, 3.8) is 0 Å². The molecular formula is C19H43N5O8+4. The van der Waals surface area contributed by atoms with E-state index in [1.807, 2.05) is 0 Å². The standard InChI is InChI=1S/C19H39N5O8/c20-4-12-10(26)3-9(23)19(31-12)32-18-8(22)2-7(21)17(16(18)29)30-11-1-6(5-25)14(27)13(24)15(11)28/h6-19,25-29H,1-5,20-24H2/p+4/t6?,7-,8+,9?,10+,11+,12?,13+,14-,15?,16?,17+,18?,19-/m1/s1. The maximum absolute atomic E-state index is 11.1. The molecule has 2 aliphatic carbocycles. The van der Waals surface area contributed by atoms with Gasteiger partial charge in [-0.05, 0) is 6.42 Å². The Morgan fingerprint density at radius 1 is 0.812 bits per heavy atom. The van der Waals surface area contributed by atoms with Gasteiger partial charge in [-0.3, -0.25) is 0 Å². The summed E-state index contributed by atoms with van der Waals surface area (Å²) in [6, 6.07) is -1.70. The predicted octanol–water partition coefficient (Wildman–Crippen LogP) is -8.50. The largest absolute Gasteiger partial charge is 0.396 e. The number of rotatable bonds is 6. The van der Waals surface area contributed by atoms with E-state index in [0.29, 0.717) is 12.8 Å². The highest BCUT2D eigenvalue weighted by atomic mass is 16.7. The molecule has 13 nitrogen and oxygen atoms in total. The minimum absolute atomic E-state index is 0.130. The van der Waals surface area contributed by atoms with E-state index in [9.17, 15) is 25.5 Å². The average molecular weight is 470 g/mol. The number of hydrogen-bond acceptors (Lipinski definition) is 9. The van der Waals surface area contributed by atoms with E-state index in [0.717, 1.165) is 0 Å². The van der Waals surface area contributed by atoms with Gasteiger partial charge in [0.05, 0.1) is 24.7 Å². The summed E-state index contributed by atoms with van der Waals surface area (Å²) in [4.78, 5) is 0. The first-order chi connectivity index (χ1) is 15.1. The van der Waals surface area contributed by atoms with Crippen LogP contribution in [0.5, 0.6) is 0 Å². The maximum Gasteiger partial charge on any atom is 0.211 e. The van der Waals surface area contributed by atoms with Gasteiger partial charge in [0, 0.05) is 25.5 Å². The van der Waals surface area contributed by atoms with Crippen LogP contribution in [0.4, 0.5) is 0 Å². The molecule has 188 valence electrons. The third-order valence-electron chi connectivity index (χ3n) is 7.24. The second-order valence-electron chi connectivity index (χ2n) is 9.65. The molecule has 0 amide bonds. The van der Waals surface area contributed by atoms with Crippen LogP contribution in [0.1, 0.15) is 19.3 Å². The molecule has 0 bridgehead atoms. The first-order valence-electron chi connectivity index (χ1n) is 11.4. The Bertz CT molecular complexity index is 606. The number of aliphatic hydroxyl groups is 5. The van der Waals surface area contributed by atoms with Gasteiger partial charge in [0.2, 0.25) is 6.29 Å². The van der Waals surface area contributed by atoms with Crippen molar-refractivity contribution in [2.75, 3.05) is 13.2 Å². The SMILES string of the molecule is NCC1O[C@H](OC2C(O)[C@@H](O[C@H]3CC(CO)[C@@H](O)[C@H]([NH3+])C3O)[C@H]([NH3+])C[C@@H]2[NH3+])C([NH3+])C[C@@H]1O. The molecule has 6 unspecified atom stereocenters.